The average molecular weight is 370 g/mol. The summed E-state index contributed by atoms with van der Waals surface area (Å²) >= 11 is 0. The smallest absolute Gasteiger partial charge is 0.435 e. The number of rotatable bonds is 6. The molecule has 0 atom stereocenters. The summed E-state index contributed by atoms with van der Waals surface area (Å²) in [6, 6.07) is 0. The molecule has 2 fully saturated rings. The molecular weight excluding hydrogens is 340 g/mol. The van der Waals surface area contributed by atoms with Crippen LogP contribution in [0.25, 0.3) is 0 Å². The minimum Gasteiger partial charge on any atom is -0.435 e. The van der Waals surface area contributed by atoms with Gasteiger partial charge in [-0.05, 0) is 39.5 Å². The Labute approximate surface area is 154 Å². The first-order valence-corrected chi connectivity index (χ1v) is 9.69. The molecule has 2 saturated carbocycles. The Kier molecular flexibility index (Phi) is 7.66. The van der Waals surface area contributed by atoms with Crippen LogP contribution in [0.2, 0.25) is 0 Å². The van der Waals surface area contributed by atoms with Gasteiger partial charge in [0.15, 0.2) is 0 Å². The second-order valence-electron chi connectivity index (χ2n) is 6.78. The van der Waals surface area contributed by atoms with Crippen molar-refractivity contribution in [3.05, 3.63) is 0 Å². The van der Waals surface area contributed by atoms with Crippen LogP contribution in [-0.4, -0.2) is 37.0 Å². The van der Waals surface area contributed by atoms with Crippen LogP contribution < -0.4 is 0 Å². The Morgan fingerprint density at radius 3 is 1.35 bits per heavy atom. The maximum absolute atomic E-state index is 11.9. The molecule has 0 aromatic heterocycles. The van der Waals surface area contributed by atoms with E-state index in [0.29, 0.717) is 25.7 Å². The second-order valence-corrected chi connectivity index (χ2v) is 6.78. The summed E-state index contributed by atoms with van der Waals surface area (Å²) in [4.78, 5) is 23.7. The van der Waals surface area contributed by atoms with E-state index in [1.165, 1.54) is 0 Å². The molecule has 0 aromatic rings. The van der Waals surface area contributed by atoms with Crippen molar-refractivity contribution in [3.8, 4) is 0 Å². The molecular formula is C18H30N2O6. The van der Waals surface area contributed by atoms with Gasteiger partial charge in [-0.3, -0.25) is 0 Å². The molecule has 0 radical (unpaired) electrons. The van der Waals surface area contributed by atoms with Crippen LogP contribution in [0.5, 0.6) is 0 Å². The number of azo groups is 1. The van der Waals surface area contributed by atoms with E-state index < -0.39 is 23.8 Å². The summed E-state index contributed by atoms with van der Waals surface area (Å²) in [7, 11) is 0. The summed E-state index contributed by atoms with van der Waals surface area (Å²) in [5.74, 6) is 0. The zero-order chi connectivity index (χ0) is 18.9. The largest absolute Gasteiger partial charge is 0.510 e. The minimum atomic E-state index is -1.03. The van der Waals surface area contributed by atoms with Crippen molar-refractivity contribution >= 4 is 12.3 Å². The molecule has 0 bridgehead atoms. The van der Waals surface area contributed by atoms with E-state index in [0.717, 1.165) is 38.5 Å². The van der Waals surface area contributed by atoms with E-state index in [2.05, 4.69) is 10.2 Å². The highest BCUT2D eigenvalue weighted by Gasteiger charge is 2.41. The fourth-order valence-electron chi connectivity index (χ4n) is 3.44. The molecule has 0 saturated heterocycles. The van der Waals surface area contributed by atoms with E-state index in [4.69, 9.17) is 18.9 Å². The van der Waals surface area contributed by atoms with Crippen LogP contribution in [0.15, 0.2) is 10.2 Å². The van der Waals surface area contributed by atoms with E-state index in [1.807, 2.05) is 0 Å². The molecule has 26 heavy (non-hydrogen) atoms. The summed E-state index contributed by atoms with van der Waals surface area (Å²) in [6.45, 7) is 3.92. The molecule has 0 unspecified atom stereocenters. The highest BCUT2D eigenvalue weighted by molar-refractivity contribution is 5.61. The third-order valence-electron chi connectivity index (χ3n) is 4.76. The topological polar surface area (TPSA) is 95.8 Å². The normalized spacial score (nSPS) is 21.8. The van der Waals surface area contributed by atoms with Gasteiger partial charge in [0.1, 0.15) is 0 Å². The summed E-state index contributed by atoms with van der Waals surface area (Å²) in [6.07, 6.45) is 6.57. The zero-order valence-corrected chi connectivity index (χ0v) is 15.8. The van der Waals surface area contributed by atoms with Crippen molar-refractivity contribution < 1.29 is 28.5 Å². The SMILES string of the molecule is CCOC(=O)OC1(/N=N/C2(OC(=O)OCC)CCCCC2)CCCCC1. The predicted molar refractivity (Wildman–Crippen MR) is 92.7 cm³/mol. The maximum Gasteiger partial charge on any atom is 0.510 e. The number of hydrogen-bond donors (Lipinski definition) is 0. The fraction of sp³-hybridized carbons (Fsp3) is 0.889. The van der Waals surface area contributed by atoms with E-state index in [-0.39, 0.29) is 13.2 Å². The number of hydrogen-bond acceptors (Lipinski definition) is 8. The van der Waals surface area contributed by atoms with Crippen LogP contribution >= 0.6 is 0 Å². The van der Waals surface area contributed by atoms with Crippen molar-refractivity contribution in [2.75, 3.05) is 13.2 Å². The minimum absolute atomic E-state index is 0.238. The monoisotopic (exact) mass is 370 g/mol. The zero-order valence-electron chi connectivity index (χ0n) is 15.8. The lowest BCUT2D eigenvalue weighted by atomic mass is 9.91. The van der Waals surface area contributed by atoms with Crippen molar-refractivity contribution in [2.24, 2.45) is 10.2 Å². The highest BCUT2D eigenvalue weighted by Crippen LogP contribution is 2.38. The van der Waals surface area contributed by atoms with Gasteiger partial charge in [-0.2, -0.15) is 0 Å². The first-order chi connectivity index (χ1) is 12.5. The highest BCUT2D eigenvalue weighted by atomic mass is 16.7. The molecule has 0 N–H and O–H groups in total. The lowest BCUT2D eigenvalue weighted by Crippen LogP contribution is -2.39. The maximum atomic E-state index is 11.9. The van der Waals surface area contributed by atoms with Crippen LogP contribution in [0.4, 0.5) is 9.59 Å². The fourth-order valence-corrected chi connectivity index (χ4v) is 3.44. The Morgan fingerprint density at radius 1 is 0.692 bits per heavy atom. The molecule has 0 heterocycles. The lowest BCUT2D eigenvalue weighted by Gasteiger charge is -2.35. The van der Waals surface area contributed by atoms with Gasteiger partial charge in [0.25, 0.3) is 0 Å². The summed E-state index contributed by atoms with van der Waals surface area (Å²) < 4.78 is 20.9. The molecule has 0 spiro atoms. The number of ether oxygens (including phenoxy) is 4. The van der Waals surface area contributed by atoms with Gasteiger partial charge in [0.05, 0.1) is 13.2 Å². The van der Waals surface area contributed by atoms with Gasteiger partial charge in [-0.15, -0.1) is 10.2 Å². The van der Waals surface area contributed by atoms with Gasteiger partial charge in [-0.25, -0.2) is 9.59 Å². The van der Waals surface area contributed by atoms with Gasteiger partial charge >= 0.3 is 12.3 Å². The molecule has 0 aliphatic heterocycles. The second kappa shape index (κ2) is 9.73. The Hall–Kier alpha value is -1.86. The molecule has 8 heteroatoms. The molecule has 8 nitrogen and oxygen atoms in total. The van der Waals surface area contributed by atoms with Crippen molar-refractivity contribution in [2.45, 2.75) is 89.5 Å². The van der Waals surface area contributed by atoms with Gasteiger partial charge in [0, 0.05) is 25.7 Å². The van der Waals surface area contributed by atoms with Gasteiger partial charge in [0.2, 0.25) is 11.4 Å². The predicted octanol–water partition coefficient (Wildman–Crippen LogP) is 5.11. The van der Waals surface area contributed by atoms with Crippen molar-refractivity contribution in [3.63, 3.8) is 0 Å². The quantitative estimate of drug-likeness (QED) is 0.476. The van der Waals surface area contributed by atoms with E-state index >= 15 is 0 Å². The number of nitrogens with zero attached hydrogens (tertiary/aromatic N) is 2. The number of carbonyl (C=O) groups is 2. The first-order valence-electron chi connectivity index (χ1n) is 9.69. The Morgan fingerprint density at radius 2 is 1.04 bits per heavy atom. The molecule has 2 rings (SSSR count). The van der Waals surface area contributed by atoms with Crippen molar-refractivity contribution in [1.82, 2.24) is 0 Å². The standard InChI is InChI=1S/C18H30N2O6/c1-3-23-15(21)25-17(11-7-5-8-12-17)19-20-18(13-9-6-10-14-18)26-16(22)24-4-2/h3-14H2,1-2H3/b20-19+. The Bertz CT molecular complexity index is 452. The van der Waals surface area contributed by atoms with Gasteiger partial charge < -0.3 is 18.9 Å². The third kappa shape index (κ3) is 5.85. The van der Waals surface area contributed by atoms with Crippen molar-refractivity contribution in [1.29, 1.82) is 0 Å². The third-order valence-corrected chi connectivity index (χ3v) is 4.76. The molecule has 0 amide bonds. The van der Waals surface area contributed by atoms with E-state index in [1.54, 1.807) is 13.8 Å². The lowest BCUT2D eigenvalue weighted by molar-refractivity contribution is -0.0765. The summed E-state index contributed by atoms with van der Waals surface area (Å²) in [5.41, 5.74) is -2.07. The molecule has 148 valence electrons. The molecule has 2 aliphatic carbocycles. The molecule has 2 aliphatic rings. The van der Waals surface area contributed by atoms with Crippen LogP contribution in [0.3, 0.4) is 0 Å². The van der Waals surface area contributed by atoms with Crippen LogP contribution in [0.1, 0.15) is 78.1 Å². The Balaban J connectivity index is 2.16. The summed E-state index contributed by atoms with van der Waals surface area (Å²) in [5, 5.41) is 8.83. The number of carbonyl (C=O) groups excluding carboxylic acids is 2. The van der Waals surface area contributed by atoms with Gasteiger partial charge in [-0.1, -0.05) is 12.8 Å². The van der Waals surface area contributed by atoms with Crippen LogP contribution in [-0.2, 0) is 18.9 Å². The van der Waals surface area contributed by atoms with E-state index in [9.17, 15) is 9.59 Å². The first kappa shape index (κ1) is 20.5. The molecule has 0 aromatic carbocycles. The van der Waals surface area contributed by atoms with Crippen LogP contribution in [0, 0.1) is 0 Å². The average Bonchev–Trinajstić information content (AvgIpc) is 2.62.